The number of carboxylic acids is 1. The quantitative estimate of drug-likeness (QED) is 0.0732. The van der Waals surface area contributed by atoms with Crippen molar-refractivity contribution < 1.29 is 71.7 Å². The third-order valence-electron chi connectivity index (χ3n) is 8.93. The van der Waals surface area contributed by atoms with Crippen LogP contribution in [0.3, 0.4) is 0 Å². The summed E-state index contributed by atoms with van der Waals surface area (Å²) in [7, 11) is -3.10. The summed E-state index contributed by atoms with van der Waals surface area (Å²) in [4.78, 5) is 77.5. The number of aromatic nitrogens is 3. The summed E-state index contributed by atoms with van der Waals surface area (Å²) in [6.45, 7) is 1.80. The molecule has 0 bridgehead atoms. The summed E-state index contributed by atoms with van der Waals surface area (Å²) in [6, 6.07) is 8.17. The second-order valence-corrected chi connectivity index (χ2v) is 15.0. The number of aliphatic hydroxyl groups is 2. The summed E-state index contributed by atoms with van der Waals surface area (Å²) in [5, 5.41) is 43.9. The van der Waals surface area contributed by atoms with Gasteiger partial charge in [0.1, 0.15) is 42.8 Å². The van der Waals surface area contributed by atoms with E-state index in [4.69, 9.17) is 33.9 Å². The highest BCUT2D eigenvalue weighted by atomic mass is 31.2. The molecule has 24 heteroatoms. The third-order valence-corrected chi connectivity index (χ3v) is 10.2. The van der Waals surface area contributed by atoms with Crippen LogP contribution >= 0.6 is 7.82 Å². The molecule has 2 aromatic carbocycles. The van der Waals surface area contributed by atoms with E-state index in [1.807, 2.05) is 0 Å². The van der Waals surface area contributed by atoms with Gasteiger partial charge in [-0.25, -0.2) is 14.2 Å². The molecule has 5 amide bonds. The van der Waals surface area contributed by atoms with Crippen molar-refractivity contribution in [3.63, 3.8) is 0 Å². The lowest BCUT2D eigenvalue weighted by Gasteiger charge is -2.28. The molecule has 3 aromatic rings. The number of carbonyl (C=O) groups excluding carboxylic acids is 5. The Morgan fingerprint density at radius 2 is 1.68 bits per heavy atom. The molecule has 0 radical (unpaired) electrons. The maximum Gasteiger partial charge on any atom is 0.530 e. The summed E-state index contributed by atoms with van der Waals surface area (Å²) in [5.41, 5.74) is 6.31. The molecule has 59 heavy (non-hydrogen) atoms. The highest BCUT2D eigenvalue weighted by Gasteiger charge is 2.47. The van der Waals surface area contributed by atoms with Crippen molar-refractivity contribution in [2.75, 3.05) is 19.0 Å². The second kappa shape index (κ2) is 19.2. The fourth-order valence-corrected chi connectivity index (χ4v) is 7.03. The zero-order valence-corrected chi connectivity index (χ0v) is 32.7. The molecule has 8 atom stereocenters. The van der Waals surface area contributed by atoms with E-state index in [-0.39, 0.29) is 48.0 Å². The van der Waals surface area contributed by atoms with Crippen molar-refractivity contribution in [2.24, 2.45) is 5.73 Å². The van der Waals surface area contributed by atoms with E-state index in [1.165, 1.54) is 33.1 Å². The molecule has 1 fully saturated rings. The molecule has 1 aromatic heterocycles. The second-order valence-electron chi connectivity index (χ2n) is 13.4. The summed E-state index contributed by atoms with van der Waals surface area (Å²) < 4.78 is 42.1. The van der Waals surface area contributed by atoms with Crippen LogP contribution in [0.4, 0.5) is 5.69 Å². The van der Waals surface area contributed by atoms with Crippen LogP contribution < -0.4 is 36.3 Å². The number of carbonyl (C=O) groups is 6. The van der Waals surface area contributed by atoms with Crippen LogP contribution in [0.25, 0.3) is 0 Å². The molecular formula is C35H43N8O15P. The van der Waals surface area contributed by atoms with Gasteiger partial charge in [-0.2, -0.15) is 0 Å². The lowest BCUT2D eigenvalue weighted by Crippen LogP contribution is -2.55. The minimum Gasteiger partial charge on any atom is -0.493 e. The third kappa shape index (κ3) is 11.4. The van der Waals surface area contributed by atoms with Crippen LogP contribution in [0.15, 0.2) is 48.8 Å². The number of carboxylic acid groups (broad SMARTS) is 1. The summed E-state index contributed by atoms with van der Waals surface area (Å²) in [5.74, 6) is -5.25. The first-order valence-corrected chi connectivity index (χ1v) is 19.4. The highest BCUT2D eigenvalue weighted by molar-refractivity contribution is 7.49. The Balaban J connectivity index is 1.22. The van der Waals surface area contributed by atoms with Crippen LogP contribution in [0.5, 0.6) is 11.5 Å². The molecule has 2 aliphatic heterocycles. The van der Waals surface area contributed by atoms with Crippen molar-refractivity contribution in [3.8, 4) is 11.5 Å². The van der Waals surface area contributed by atoms with Gasteiger partial charge in [0.25, 0.3) is 5.91 Å². The normalized spacial score (nSPS) is 22.4. The maximum absolute atomic E-state index is 13.8. The number of hydrogen-bond donors (Lipinski definition) is 8. The van der Waals surface area contributed by atoms with E-state index in [0.717, 1.165) is 11.0 Å². The van der Waals surface area contributed by atoms with Crippen LogP contribution in [-0.2, 0) is 55.3 Å². The number of fused-ring (bicyclic) bond motifs is 1. The van der Waals surface area contributed by atoms with Crippen molar-refractivity contribution >= 4 is 49.0 Å². The molecule has 318 valence electrons. The molecule has 2 aliphatic rings. The Labute approximate surface area is 335 Å². The number of aliphatic carboxylic acids is 1. The molecule has 0 saturated carbocycles. The van der Waals surface area contributed by atoms with Crippen molar-refractivity contribution in [1.29, 1.82) is 0 Å². The predicted octanol–water partition coefficient (Wildman–Crippen LogP) is -0.721. The lowest BCUT2D eigenvalue weighted by atomic mass is 10.0. The molecule has 3 heterocycles. The molecule has 5 rings (SSSR count). The van der Waals surface area contributed by atoms with Crippen LogP contribution in [0, 0.1) is 0 Å². The predicted molar refractivity (Wildman–Crippen MR) is 199 cm³/mol. The number of nitrogens with one attached hydrogen (secondary N) is 4. The summed E-state index contributed by atoms with van der Waals surface area (Å²) >= 11 is 0. The minimum atomic E-state index is -4.39. The standard InChI is InChI=1S/C35H43N8O15P/c1-17(38-25(44)9-10-26(45)46)32(50)39-18(2)33(51)41-22(11-19-7-5-4-6-8-19)34(52)40-21-12-20-14-55-59(53,58-29(20)23(13-21)54-3)56-15-24-27(47)28(48)35(57-24)43-16-37-31(42-43)30(36)49/h4-8,12-13,16-18,22,24,27-28,35,47-48H,9-11,14-15H2,1-3H3,(H2,36,49)(H,38,44)(H,39,50)(H,40,52)(H,41,51)(H,45,46). The number of benzene rings is 2. The van der Waals surface area contributed by atoms with Gasteiger partial charge < -0.3 is 56.3 Å². The number of amides is 5. The number of phosphoric acid groups is 1. The Morgan fingerprint density at radius 1 is 0.983 bits per heavy atom. The van der Waals surface area contributed by atoms with E-state index in [0.29, 0.717) is 5.56 Å². The van der Waals surface area contributed by atoms with Crippen molar-refractivity contribution in [1.82, 2.24) is 30.7 Å². The monoisotopic (exact) mass is 846 g/mol. The first-order valence-electron chi connectivity index (χ1n) is 18.0. The number of nitrogens with zero attached hydrogens (tertiary/aromatic N) is 3. The first-order chi connectivity index (χ1) is 28.0. The smallest absolute Gasteiger partial charge is 0.493 e. The SMILES string of the molecule is COc1cc(NC(=O)C(Cc2ccccc2)NC(=O)C(C)NC(=O)C(C)NC(=O)CCC(=O)O)cc2c1OP(=O)(OCC1OC(n3cnc(C(N)=O)n3)C(O)C1O)OC2. The topological polar surface area (TPSA) is 331 Å². The number of phosphoric ester groups is 1. The molecule has 9 N–H and O–H groups in total. The number of ether oxygens (including phenoxy) is 2. The van der Waals surface area contributed by atoms with E-state index >= 15 is 0 Å². The van der Waals surface area contributed by atoms with Crippen molar-refractivity contribution in [2.45, 2.75) is 82.4 Å². The number of rotatable bonds is 18. The number of primary amides is 1. The van der Waals surface area contributed by atoms with Gasteiger partial charge in [0.2, 0.25) is 29.5 Å². The first kappa shape index (κ1) is 44.1. The Bertz CT molecular complexity index is 2090. The fraction of sp³-hybridized carbons (Fsp3) is 0.429. The summed E-state index contributed by atoms with van der Waals surface area (Å²) in [6.07, 6.45) is -5.30. The largest absolute Gasteiger partial charge is 0.530 e. The van der Waals surface area contributed by atoms with Crippen molar-refractivity contribution in [3.05, 3.63) is 65.7 Å². The van der Waals surface area contributed by atoms with Gasteiger partial charge in [0.15, 0.2) is 17.7 Å². The Hall–Kier alpha value is -5.97. The van der Waals surface area contributed by atoms with Crippen LogP contribution in [0.1, 0.15) is 54.7 Å². The Kier molecular flexibility index (Phi) is 14.4. The van der Waals surface area contributed by atoms with E-state index in [9.17, 15) is 43.5 Å². The molecule has 1 saturated heterocycles. The Morgan fingerprint density at radius 3 is 2.34 bits per heavy atom. The van der Waals surface area contributed by atoms with Gasteiger partial charge in [0.05, 0.1) is 26.7 Å². The molecule has 0 spiro atoms. The van der Waals surface area contributed by atoms with E-state index < -0.39 is 99.0 Å². The maximum atomic E-state index is 13.8. The van der Waals surface area contributed by atoms with Gasteiger partial charge in [-0.05, 0) is 25.5 Å². The number of hydrogen-bond acceptors (Lipinski definition) is 16. The van der Waals surface area contributed by atoms with Gasteiger partial charge in [-0.3, -0.25) is 37.8 Å². The number of anilines is 1. The van der Waals surface area contributed by atoms with E-state index in [2.05, 4.69) is 31.3 Å². The van der Waals surface area contributed by atoms with Gasteiger partial charge in [-0.1, -0.05) is 30.3 Å². The molecule has 23 nitrogen and oxygen atoms in total. The number of methoxy groups -OCH3 is 1. The van der Waals surface area contributed by atoms with Crippen LogP contribution in [-0.4, -0.2) is 116 Å². The van der Waals surface area contributed by atoms with Gasteiger partial charge >= 0.3 is 13.8 Å². The lowest BCUT2D eigenvalue weighted by molar-refractivity contribution is -0.139. The highest BCUT2D eigenvalue weighted by Crippen LogP contribution is 2.57. The average Bonchev–Trinajstić information content (AvgIpc) is 3.80. The fourth-order valence-electron chi connectivity index (χ4n) is 5.79. The molecule has 8 unspecified atom stereocenters. The average molecular weight is 847 g/mol. The van der Waals surface area contributed by atoms with Crippen LogP contribution in [0.2, 0.25) is 0 Å². The zero-order chi connectivity index (χ0) is 43.0. The van der Waals surface area contributed by atoms with E-state index in [1.54, 1.807) is 30.3 Å². The minimum absolute atomic E-state index is 0.0122. The molecular weight excluding hydrogens is 803 g/mol. The number of aliphatic hydroxyl groups excluding tert-OH is 2. The molecule has 0 aliphatic carbocycles. The number of nitrogens with two attached hydrogens (primary N) is 1. The zero-order valence-electron chi connectivity index (χ0n) is 31.8. The van der Waals surface area contributed by atoms with Gasteiger partial charge in [0, 0.05) is 30.2 Å². The van der Waals surface area contributed by atoms with Gasteiger partial charge in [-0.15, -0.1) is 5.10 Å².